The van der Waals surface area contributed by atoms with E-state index in [2.05, 4.69) is 0 Å². The largest absolute Gasteiger partial charge is 0.481 e. The minimum atomic E-state index is -1.19. The molecule has 100 valence electrons. The average molecular weight is 254 g/mol. The summed E-state index contributed by atoms with van der Waals surface area (Å²) in [6, 6.07) is 6.90. The van der Waals surface area contributed by atoms with E-state index in [-0.39, 0.29) is 6.42 Å². The first-order chi connectivity index (χ1) is 8.54. The molecule has 0 heterocycles. The van der Waals surface area contributed by atoms with E-state index >= 15 is 0 Å². The van der Waals surface area contributed by atoms with Gasteiger partial charge in [-0.2, -0.15) is 0 Å². The van der Waals surface area contributed by atoms with Crippen LogP contribution in [-0.2, 0) is 11.2 Å². The predicted molar refractivity (Wildman–Crippen MR) is 65.1 cm³/mol. The van der Waals surface area contributed by atoms with Crippen LogP contribution in [0.5, 0.6) is 0 Å². The van der Waals surface area contributed by atoms with E-state index in [1.54, 1.807) is 24.3 Å². The lowest BCUT2D eigenvalue weighted by atomic mass is 10.0. The average Bonchev–Trinajstić information content (AvgIpc) is 2.37. The monoisotopic (exact) mass is 254 g/mol. The van der Waals surface area contributed by atoms with Crippen molar-refractivity contribution in [2.75, 3.05) is 6.61 Å². The highest BCUT2D eigenvalue weighted by molar-refractivity contribution is 5.66. The zero-order chi connectivity index (χ0) is 13.5. The molecular weight excluding hydrogens is 236 g/mol. The van der Waals surface area contributed by atoms with Gasteiger partial charge in [0.05, 0.1) is 6.61 Å². The van der Waals surface area contributed by atoms with Gasteiger partial charge in [0.25, 0.3) is 0 Å². The fourth-order valence-corrected chi connectivity index (χ4v) is 1.65. The standard InChI is InChI=1S/C13H18O5/c14-8-11(15)13(18)10-6-4-9(5-7-10)2-1-3-12(16)17/h4-7,11,13-15,18H,1-3,8H2,(H,16,17). The van der Waals surface area contributed by atoms with Gasteiger partial charge in [0, 0.05) is 6.42 Å². The summed E-state index contributed by atoms with van der Waals surface area (Å²) in [6.45, 7) is -0.498. The van der Waals surface area contributed by atoms with Crippen molar-refractivity contribution in [2.24, 2.45) is 0 Å². The molecule has 5 nitrogen and oxygen atoms in total. The molecule has 0 saturated carbocycles. The zero-order valence-corrected chi connectivity index (χ0v) is 9.99. The molecule has 1 aromatic rings. The summed E-state index contributed by atoms with van der Waals surface area (Å²) in [5.41, 5.74) is 1.50. The van der Waals surface area contributed by atoms with Crippen LogP contribution in [0.1, 0.15) is 30.1 Å². The molecule has 0 aromatic heterocycles. The van der Waals surface area contributed by atoms with Crippen molar-refractivity contribution in [3.8, 4) is 0 Å². The zero-order valence-electron chi connectivity index (χ0n) is 9.99. The second-order valence-electron chi connectivity index (χ2n) is 4.18. The fourth-order valence-electron chi connectivity index (χ4n) is 1.65. The third kappa shape index (κ3) is 4.44. The van der Waals surface area contributed by atoms with E-state index in [1.165, 1.54) is 0 Å². The SMILES string of the molecule is O=C(O)CCCc1ccc(C(O)C(O)CO)cc1. The molecule has 0 saturated heterocycles. The van der Waals surface area contributed by atoms with E-state index in [0.29, 0.717) is 18.4 Å². The van der Waals surface area contributed by atoms with Crippen molar-refractivity contribution in [3.63, 3.8) is 0 Å². The number of benzene rings is 1. The Bertz CT molecular complexity index is 373. The number of aliphatic hydroxyl groups is 3. The molecule has 18 heavy (non-hydrogen) atoms. The molecule has 2 atom stereocenters. The molecule has 0 aliphatic heterocycles. The first-order valence-corrected chi connectivity index (χ1v) is 5.82. The van der Waals surface area contributed by atoms with Crippen LogP contribution in [0.15, 0.2) is 24.3 Å². The number of hydrogen-bond acceptors (Lipinski definition) is 4. The molecule has 0 bridgehead atoms. The topological polar surface area (TPSA) is 98.0 Å². The van der Waals surface area contributed by atoms with Gasteiger partial charge in [-0.15, -0.1) is 0 Å². The summed E-state index contributed by atoms with van der Waals surface area (Å²) in [6.07, 6.45) is -0.944. The molecular formula is C13H18O5. The second-order valence-corrected chi connectivity index (χ2v) is 4.18. The van der Waals surface area contributed by atoms with E-state index in [9.17, 15) is 15.0 Å². The molecule has 0 aliphatic rings. The molecule has 0 fully saturated rings. The van der Waals surface area contributed by atoms with E-state index in [0.717, 1.165) is 5.56 Å². The summed E-state index contributed by atoms with van der Waals surface area (Å²) in [5.74, 6) is -0.812. The van der Waals surface area contributed by atoms with Gasteiger partial charge in [0.2, 0.25) is 0 Å². The lowest BCUT2D eigenvalue weighted by Crippen LogP contribution is -2.21. The minimum absolute atomic E-state index is 0.133. The van der Waals surface area contributed by atoms with Gasteiger partial charge in [-0.25, -0.2) is 0 Å². The van der Waals surface area contributed by atoms with Crippen molar-refractivity contribution in [1.29, 1.82) is 0 Å². The third-order valence-electron chi connectivity index (χ3n) is 2.73. The third-order valence-corrected chi connectivity index (χ3v) is 2.73. The molecule has 1 aromatic carbocycles. The minimum Gasteiger partial charge on any atom is -0.481 e. The first kappa shape index (κ1) is 14.6. The van der Waals surface area contributed by atoms with Crippen molar-refractivity contribution < 1.29 is 25.2 Å². The molecule has 1 rings (SSSR count). The molecule has 5 heteroatoms. The summed E-state index contributed by atoms with van der Waals surface area (Å²) in [5, 5.41) is 36.2. The van der Waals surface area contributed by atoms with Crippen LogP contribution in [0.3, 0.4) is 0 Å². The van der Waals surface area contributed by atoms with Crippen molar-refractivity contribution in [1.82, 2.24) is 0 Å². The molecule has 0 aliphatic carbocycles. The fraction of sp³-hybridized carbons (Fsp3) is 0.462. The Hall–Kier alpha value is -1.43. The maximum absolute atomic E-state index is 10.4. The number of aryl methyl sites for hydroxylation is 1. The summed E-state index contributed by atoms with van der Waals surface area (Å²) < 4.78 is 0. The Labute approximate surface area is 105 Å². The van der Waals surface area contributed by atoms with Gasteiger partial charge in [0.15, 0.2) is 0 Å². The van der Waals surface area contributed by atoms with Crippen LogP contribution in [0.25, 0.3) is 0 Å². The van der Waals surface area contributed by atoms with Crippen molar-refractivity contribution in [3.05, 3.63) is 35.4 Å². The summed E-state index contributed by atoms with van der Waals surface area (Å²) in [4.78, 5) is 10.4. The Morgan fingerprint density at radius 3 is 2.28 bits per heavy atom. The first-order valence-electron chi connectivity index (χ1n) is 5.82. The lowest BCUT2D eigenvalue weighted by molar-refractivity contribution is -0.137. The van der Waals surface area contributed by atoms with Gasteiger partial charge in [-0.1, -0.05) is 24.3 Å². The summed E-state index contributed by atoms with van der Waals surface area (Å²) >= 11 is 0. The summed E-state index contributed by atoms with van der Waals surface area (Å²) in [7, 11) is 0. The predicted octanol–water partition coefficient (Wildman–Crippen LogP) is 0.480. The number of carbonyl (C=O) groups is 1. The molecule has 4 N–H and O–H groups in total. The Morgan fingerprint density at radius 1 is 1.17 bits per heavy atom. The maximum Gasteiger partial charge on any atom is 0.303 e. The van der Waals surface area contributed by atoms with Crippen LogP contribution >= 0.6 is 0 Å². The number of carboxylic acids is 1. The van der Waals surface area contributed by atoms with Gasteiger partial charge in [-0.05, 0) is 24.0 Å². The second kappa shape index (κ2) is 7.10. The van der Waals surface area contributed by atoms with Crippen molar-refractivity contribution >= 4 is 5.97 Å². The van der Waals surface area contributed by atoms with E-state index in [1.807, 2.05) is 0 Å². The van der Waals surface area contributed by atoms with Crippen molar-refractivity contribution in [2.45, 2.75) is 31.5 Å². The lowest BCUT2D eigenvalue weighted by Gasteiger charge is -2.16. The molecule has 2 unspecified atom stereocenters. The van der Waals surface area contributed by atoms with Crippen LogP contribution in [-0.4, -0.2) is 39.1 Å². The van der Waals surface area contributed by atoms with Gasteiger partial charge in [-0.3, -0.25) is 4.79 Å². The van der Waals surface area contributed by atoms with E-state index in [4.69, 9.17) is 10.2 Å². The Morgan fingerprint density at radius 2 is 1.78 bits per heavy atom. The van der Waals surface area contributed by atoms with Gasteiger partial charge in [0.1, 0.15) is 12.2 Å². The highest BCUT2D eigenvalue weighted by Crippen LogP contribution is 2.18. The van der Waals surface area contributed by atoms with Crippen LogP contribution < -0.4 is 0 Å². The van der Waals surface area contributed by atoms with Crippen LogP contribution in [0.2, 0.25) is 0 Å². The molecule has 0 amide bonds. The molecule has 0 spiro atoms. The number of aliphatic carboxylic acids is 1. The highest BCUT2D eigenvalue weighted by Gasteiger charge is 2.16. The van der Waals surface area contributed by atoms with Crippen LogP contribution in [0, 0.1) is 0 Å². The number of aliphatic hydroxyl groups excluding tert-OH is 3. The normalized spacial score (nSPS) is 14.2. The van der Waals surface area contributed by atoms with Crippen LogP contribution in [0.4, 0.5) is 0 Å². The number of carboxylic acid groups (broad SMARTS) is 1. The maximum atomic E-state index is 10.4. The number of rotatable bonds is 7. The van der Waals surface area contributed by atoms with Gasteiger partial charge >= 0.3 is 5.97 Å². The Kier molecular flexibility index (Phi) is 5.77. The number of hydrogen-bond donors (Lipinski definition) is 4. The van der Waals surface area contributed by atoms with Gasteiger partial charge < -0.3 is 20.4 Å². The highest BCUT2D eigenvalue weighted by atomic mass is 16.4. The van der Waals surface area contributed by atoms with E-state index < -0.39 is 24.8 Å². The molecule has 0 radical (unpaired) electrons. The smallest absolute Gasteiger partial charge is 0.303 e. The Balaban J connectivity index is 2.54. The quantitative estimate of drug-likeness (QED) is 0.567.